The lowest BCUT2D eigenvalue weighted by Crippen LogP contribution is -2.27. The molecule has 3 rings (SSSR count). The molecule has 2 amide bonds. The van der Waals surface area contributed by atoms with Crippen LogP contribution in [0.15, 0.2) is 42.5 Å². The average molecular weight is 491 g/mol. The van der Waals surface area contributed by atoms with Crippen LogP contribution in [0.4, 0.5) is 24.3 Å². The molecule has 0 aliphatic carbocycles. The highest BCUT2D eigenvalue weighted by molar-refractivity contribution is 7.20. The van der Waals surface area contributed by atoms with Gasteiger partial charge >= 0.3 is 12.0 Å². The maximum Gasteiger partial charge on any atom is 0.343 e. The van der Waals surface area contributed by atoms with Gasteiger partial charge < -0.3 is 20.6 Å². The van der Waals surface area contributed by atoms with Crippen molar-refractivity contribution >= 4 is 34.0 Å². The van der Waals surface area contributed by atoms with Gasteiger partial charge in [-0.05, 0) is 43.9 Å². The van der Waals surface area contributed by atoms with Crippen molar-refractivity contribution in [1.29, 1.82) is 0 Å². The lowest BCUT2D eigenvalue weighted by atomic mass is 10.0. The molecule has 1 aromatic heterocycles. The molecule has 0 fully saturated rings. The summed E-state index contributed by atoms with van der Waals surface area (Å²) in [7, 11) is 4.95. The van der Waals surface area contributed by atoms with Gasteiger partial charge in [0, 0.05) is 34.8 Å². The molecule has 0 saturated heterocycles. The Labute approximate surface area is 199 Å². The molecule has 8 nitrogen and oxygen atoms in total. The van der Waals surface area contributed by atoms with Crippen molar-refractivity contribution in [2.24, 2.45) is 0 Å². The number of urea groups is 1. The zero-order valence-electron chi connectivity index (χ0n) is 18.7. The topological polar surface area (TPSA) is 103 Å². The second kappa shape index (κ2) is 11.1. The molecule has 34 heavy (non-hydrogen) atoms. The van der Waals surface area contributed by atoms with Gasteiger partial charge in [-0.25, -0.2) is 23.9 Å². The van der Waals surface area contributed by atoms with Crippen LogP contribution in [0.5, 0.6) is 0 Å². The lowest BCUT2D eigenvalue weighted by Gasteiger charge is -2.13. The number of amides is 2. The molecule has 180 valence electrons. The van der Waals surface area contributed by atoms with Gasteiger partial charge in [0.05, 0.1) is 12.7 Å². The molecule has 0 spiro atoms. The summed E-state index contributed by atoms with van der Waals surface area (Å²) >= 11 is 1.19. The molecule has 2 aromatic carbocycles. The highest BCUT2D eigenvalue weighted by atomic mass is 32.1. The van der Waals surface area contributed by atoms with E-state index in [1.54, 1.807) is 24.3 Å². The summed E-state index contributed by atoms with van der Waals surface area (Å²) in [6, 6.07) is 9.87. The van der Waals surface area contributed by atoms with Crippen molar-refractivity contribution in [3.63, 3.8) is 0 Å². The zero-order chi connectivity index (χ0) is 24.8. The summed E-state index contributed by atoms with van der Waals surface area (Å²) in [6.45, 7) is 0.122. The van der Waals surface area contributed by atoms with Gasteiger partial charge in [-0.2, -0.15) is 0 Å². The highest BCUT2D eigenvalue weighted by Gasteiger charge is 2.25. The Morgan fingerprint density at radius 3 is 2.26 bits per heavy atom. The number of nitrogens with zero attached hydrogens (tertiary/aromatic N) is 1. The largest absolute Gasteiger partial charge is 0.478 e. The summed E-state index contributed by atoms with van der Waals surface area (Å²) in [5.41, 5.74) is 3.83. The monoisotopic (exact) mass is 490 g/mol. The Morgan fingerprint density at radius 1 is 1.06 bits per heavy atom. The first-order valence-corrected chi connectivity index (χ1v) is 10.9. The molecule has 3 aromatic rings. The van der Waals surface area contributed by atoms with Crippen molar-refractivity contribution in [2.45, 2.75) is 13.1 Å². The number of carbonyl (C=O) groups is 2. The molecule has 0 unspecified atom stereocenters. The highest BCUT2D eigenvalue weighted by Crippen LogP contribution is 2.41. The third-order valence-electron chi connectivity index (χ3n) is 4.78. The second-order valence-electron chi connectivity index (χ2n) is 7.55. The number of nitrogens with one attached hydrogen (secondary N) is 3. The van der Waals surface area contributed by atoms with Crippen LogP contribution in [0.3, 0.4) is 0 Å². The van der Waals surface area contributed by atoms with Gasteiger partial charge in [0.15, 0.2) is 0 Å². The minimum atomic E-state index is -1.15. The summed E-state index contributed by atoms with van der Waals surface area (Å²) in [6.07, 6.45) is 0. The average Bonchev–Trinajstić information content (AvgIpc) is 3.11. The van der Waals surface area contributed by atoms with Crippen LogP contribution in [-0.2, 0) is 17.9 Å². The van der Waals surface area contributed by atoms with E-state index >= 15 is 0 Å². The molecule has 0 aliphatic heterocycles. The fraction of sp³-hybridized carbons (Fsp3) is 0.217. The quantitative estimate of drug-likeness (QED) is 0.323. The van der Waals surface area contributed by atoms with Gasteiger partial charge in [-0.1, -0.05) is 18.2 Å². The number of thiophene rings is 1. The normalized spacial score (nSPS) is 10.9. The Hall–Kier alpha value is -3.54. The Morgan fingerprint density at radius 2 is 1.71 bits per heavy atom. The number of rotatable bonds is 9. The maximum atomic E-state index is 14.1. The number of halogens is 2. The van der Waals surface area contributed by atoms with Crippen LogP contribution in [0.25, 0.3) is 10.4 Å². The van der Waals surface area contributed by atoms with Crippen LogP contribution in [0.2, 0.25) is 0 Å². The van der Waals surface area contributed by atoms with Crippen molar-refractivity contribution in [2.75, 3.05) is 31.8 Å². The van der Waals surface area contributed by atoms with E-state index in [0.717, 1.165) is 17.7 Å². The minimum Gasteiger partial charge on any atom is -0.478 e. The van der Waals surface area contributed by atoms with E-state index in [4.69, 9.17) is 0 Å². The molecule has 1 heterocycles. The lowest BCUT2D eigenvalue weighted by molar-refractivity contribution is 0.0696. The summed E-state index contributed by atoms with van der Waals surface area (Å²) in [5, 5.41) is 15.8. The number of benzene rings is 2. The Balaban J connectivity index is 1.98. The smallest absolute Gasteiger partial charge is 0.343 e. The van der Waals surface area contributed by atoms with Gasteiger partial charge in [-0.3, -0.25) is 4.84 Å². The summed E-state index contributed by atoms with van der Waals surface area (Å²) in [4.78, 5) is 30.9. The van der Waals surface area contributed by atoms with E-state index in [9.17, 15) is 23.5 Å². The van der Waals surface area contributed by atoms with Crippen molar-refractivity contribution in [3.8, 4) is 10.4 Å². The summed E-state index contributed by atoms with van der Waals surface area (Å²) in [5.74, 6) is -2.57. The number of hydrogen-bond acceptors (Lipinski definition) is 6. The third kappa shape index (κ3) is 5.87. The fourth-order valence-electron chi connectivity index (χ4n) is 3.34. The molecule has 0 bridgehead atoms. The fourth-order valence-corrected chi connectivity index (χ4v) is 4.55. The van der Waals surface area contributed by atoms with E-state index in [0.29, 0.717) is 27.7 Å². The standard InChI is InChI=1S/C23H24F2N4O4S/c1-29(2)12-16-19(22(30)31)21(26-11-15-17(24)5-4-6-18(15)25)34-20(16)13-7-9-14(10-8-13)27-23(32)28-33-3/h4-10,26H,11-12H2,1-3H3,(H,30,31)(H2,27,28,32). The van der Waals surface area contributed by atoms with E-state index in [-0.39, 0.29) is 17.7 Å². The minimum absolute atomic E-state index is 0.0483. The van der Waals surface area contributed by atoms with Crippen LogP contribution < -0.4 is 16.1 Å². The molecule has 0 atom stereocenters. The Kier molecular flexibility index (Phi) is 8.16. The number of carboxylic acid groups (broad SMARTS) is 1. The van der Waals surface area contributed by atoms with E-state index in [1.807, 2.05) is 19.0 Å². The van der Waals surface area contributed by atoms with Crippen molar-refractivity contribution < 1.29 is 28.3 Å². The predicted molar refractivity (Wildman–Crippen MR) is 127 cm³/mol. The van der Waals surface area contributed by atoms with Crippen LogP contribution in [0, 0.1) is 11.6 Å². The molecule has 0 radical (unpaired) electrons. The van der Waals surface area contributed by atoms with E-state index in [2.05, 4.69) is 21.0 Å². The summed E-state index contributed by atoms with van der Waals surface area (Å²) < 4.78 is 28.1. The molecular formula is C23H24F2N4O4S. The zero-order valence-corrected chi connectivity index (χ0v) is 19.6. The third-order valence-corrected chi connectivity index (χ3v) is 6.02. The van der Waals surface area contributed by atoms with E-state index < -0.39 is 23.6 Å². The van der Waals surface area contributed by atoms with E-state index in [1.165, 1.54) is 24.5 Å². The number of hydrogen-bond donors (Lipinski definition) is 4. The van der Waals surface area contributed by atoms with Crippen molar-refractivity contribution in [3.05, 3.63) is 70.8 Å². The van der Waals surface area contributed by atoms with Gasteiger partial charge in [-0.15, -0.1) is 11.3 Å². The first-order valence-electron chi connectivity index (χ1n) is 10.1. The predicted octanol–water partition coefficient (Wildman–Crippen LogP) is 4.75. The molecule has 0 aliphatic rings. The number of anilines is 2. The van der Waals surface area contributed by atoms with Gasteiger partial charge in [0.25, 0.3) is 0 Å². The van der Waals surface area contributed by atoms with Crippen molar-refractivity contribution in [1.82, 2.24) is 10.4 Å². The number of hydroxylamine groups is 1. The van der Waals surface area contributed by atoms with Gasteiger partial charge in [0.1, 0.15) is 16.6 Å². The number of carbonyl (C=O) groups excluding carboxylic acids is 1. The SMILES string of the molecule is CONC(=O)Nc1ccc(-c2sc(NCc3c(F)cccc3F)c(C(=O)O)c2CN(C)C)cc1. The first kappa shape index (κ1) is 25.1. The Bertz CT molecular complexity index is 1160. The molecule has 0 saturated carbocycles. The number of aromatic carboxylic acids is 1. The van der Waals surface area contributed by atoms with Gasteiger partial charge in [0.2, 0.25) is 0 Å². The van der Waals surface area contributed by atoms with Crippen LogP contribution >= 0.6 is 11.3 Å². The second-order valence-corrected chi connectivity index (χ2v) is 8.57. The molecular weight excluding hydrogens is 466 g/mol. The maximum absolute atomic E-state index is 14.1. The van der Waals surface area contributed by atoms with Crippen LogP contribution in [0.1, 0.15) is 21.5 Å². The number of carboxylic acids is 1. The van der Waals surface area contributed by atoms with Crippen LogP contribution in [-0.4, -0.2) is 43.2 Å². The molecule has 11 heteroatoms. The molecule has 4 N–H and O–H groups in total. The first-order chi connectivity index (χ1) is 16.2.